The van der Waals surface area contributed by atoms with Crippen LogP contribution in [-0.4, -0.2) is 47.8 Å². The van der Waals surface area contributed by atoms with E-state index in [0.29, 0.717) is 35.2 Å². The molecule has 0 spiro atoms. The van der Waals surface area contributed by atoms with E-state index in [1.807, 2.05) is 24.3 Å². The molecule has 1 unspecified atom stereocenters. The molecule has 4 aromatic heterocycles. The van der Waals surface area contributed by atoms with Crippen LogP contribution >= 0.6 is 0 Å². The topological polar surface area (TPSA) is 90.9 Å². The molecule has 1 fully saturated rings. The molecule has 6 rings (SSSR count). The minimum atomic E-state index is -2.58. The molecule has 1 aromatic carbocycles. The number of halogens is 1. The largest absolute Gasteiger partial charge is 0.386 e. The summed E-state index contributed by atoms with van der Waals surface area (Å²) in [6, 6.07) is 10.5. The van der Waals surface area contributed by atoms with Crippen LogP contribution in [0.1, 0.15) is 53.8 Å². The fourth-order valence-corrected chi connectivity index (χ4v) is 5.57. The first-order valence-electron chi connectivity index (χ1n) is 14.2. The molecule has 0 bridgehead atoms. The highest BCUT2D eigenvalue weighted by atomic mass is 19.1. The average Bonchev–Trinajstić information content (AvgIpc) is 3.47. The summed E-state index contributed by atoms with van der Waals surface area (Å²) >= 11 is 0. The second-order valence-corrected chi connectivity index (χ2v) is 10.4. The maximum Gasteiger partial charge on any atom is 0.133 e. The van der Waals surface area contributed by atoms with E-state index < -0.39 is 18.3 Å². The Morgan fingerprint density at radius 3 is 2.68 bits per heavy atom. The number of rotatable bonds is 5. The Kier molecular flexibility index (Phi) is 5.18. The van der Waals surface area contributed by atoms with Crippen molar-refractivity contribution in [3.05, 3.63) is 71.6 Å². The van der Waals surface area contributed by atoms with Crippen molar-refractivity contribution in [2.45, 2.75) is 45.2 Å². The van der Waals surface area contributed by atoms with E-state index in [0.717, 1.165) is 24.1 Å². The molecular formula is C29H31FN6O2. The smallest absolute Gasteiger partial charge is 0.133 e. The van der Waals surface area contributed by atoms with Gasteiger partial charge in [0.2, 0.25) is 0 Å². The number of aromatic nitrogens is 6. The third kappa shape index (κ3) is 4.06. The molecule has 1 aliphatic rings. The van der Waals surface area contributed by atoms with Crippen molar-refractivity contribution in [2.75, 3.05) is 13.2 Å². The minimum absolute atomic E-state index is 0.0784. The Hall–Kier alpha value is -3.69. The highest BCUT2D eigenvalue weighted by Crippen LogP contribution is 2.42. The number of aryl methyl sites for hydroxylation is 2. The van der Waals surface area contributed by atoms with Gasteiger partial charge in [0.05, 0.1) is 45.3 Å². The van der Waals surface area contributed by atoms with Gasteiger partial charge in [0.1, 0.15) is 5.82 Å². The third-order valence-electron chi connectivity index (χ3n) is 7.50. The monoisotopic (exact) mass is 517 g/mol. The first kappa shape index (κ1) is 21.3. The van der Waals surface area contributed by atoms with Gasteiger partial charge in [-0.2, -0.15) is 0 Å². The molecule has 0 radical (unpaired) electrons. The van der Waals surface area contributed by atoms with Gasteiger partial charge in [-0.15, -0.1) is 5.10 Å². The zero-order valence-electron chi connectivity index (χ0n) is 24.5. The molecular weight excluding hydrogens is 483 g/mol. The van der Waals surface area contributed by atoms with E-state index in [-0.39, 0.29) is 28.9 Å². The second-order valence-electron chi connectivity index (χ2n) is 10.4. The van der Waals surface area contributed by atoms with Crippen LogP contribution in [0.5, 0.6) is 0 Å². The summed E-state index contributed by atoms with van der Waals surface area (Å²) in [5.41, 5.74) is 2.15. The molecule has 8 nitrogen and oxygen atoms in total. The van der Waals surface area contributed by atoms with Crippen LogP contribution in [0.25, 0.3) is 33.2 Å². The van der Waals surface area contributed by atoms with Crippen molar-refractivity contribution in [3.8, 4) is 11.3 Å². The van der Waals surface area contributed by atoms with Crippen LogP contribution in [0.2, 0.25) is 0 Å². The van der Waals surface area contributed by atoms with Crippen LogP contribution in [0, 0.1) is 18.6 Å². The molecule has 0 aliphatic carbocycles. The number of benzene rings is 1. The predicted octanol–water partition coefficient (Wildman–Crippen LogP) is 5.07. The van der Waals surface area contributed by atoms with Crippen LogP contribution in [0.4, 0.5) is 4.39 Å². The normalized spacial score (nSPS) is 17.4. The first-order chi connectivity index (χ1) is 19.4. The highest BCUT2D eigenvalue weighted by molar-refractivity contribution is 6.07. The molecule has 1 aliphatic heterocycles. The van der Waals surface area contributed by atoms with Gasteiger partial charge in [0.25, 0.3) is 0 Å². The van der Waals surface area contributed by atoms with Crippen LogP contribution < -0.4 is 0 Å². The van der Waals surface area contributed by atoms with Crippen molar-refractivity contribution >= 4 is 21.9 Å². The fraction of sp³-hybridized carbons (Fsp3) is 0.379. The zero-order chi connectivity index (χ0) is 29.1. The van der Waals surface area contributed by atoms with Crippen molar-refractivity contribution in [1.82, 2.24) is 29.5 Å². The van der Waals surface area contributed by atoms with Gasteiger partial charge >= 0.3 is 0 Å². The molecule has 0 saturated carbocycles. The molecule has 0 amide bonds. The lowest BCUT2D eigenvalue weighted by Crippen LogP contribution is -2.27. The Balaban J connectivity index is 1.72. The van der Waals surface area contributed by atoms with Crippen molar-refractivity contribution in [3.63, 3.8) is 0 Å². The summed E-state index contributed by atoms with van der Waals surface area (Å²) < 4.78 is 49.0. The number of aliphatic hydroxyl groups is 1. The summed E-state index contributed by atoms with van der Waals surface area (Å²) in [6.07, 6.45) is 4.96. The van der Waals surface area contributed by atoms with Gasteiger partial charge in [-0.3, -0.25) is 9.97 Å². The fourth-order valence-electron chi connectivity index (χ4n) is 5.57. The van der Waals surface area contributed by atoms with E-state index in [2.05, 4.69) is 14.9 Å². The SMILES string of the molecule is [2H]C([2H])([2H])c1nnn(C)c1-c1cc2c(cc1F)c1ncc(C(C)(C)O)cc1n2C(c1ccccn1)C1CCOCC1. The van der Waals surface area contributed by atoms with E-state index in [4.69, 9.17) is 18.8 Å². The Bertz CT molecular complexity index is 1740. The van der Waals surface area contributed by atoms with E-state index in [1.54, 1.807) is 39.4 Å². The summed E-state index contributed by atoms with van der Waals surface area (Å²) in [7, 11) is 1.55. The molecule has 1 saturated heterocycles. The summed E-state index contributed by atoms with van der Waals surface area (Å²) in [5, 5.41) is 19.2. The van der Waals surface area contributed by atoms with Crippen LogP contribution in [-0.2, 0) is 17.4 Å². The molecule has 9 heteroatoms. The molecule has 1 N–H and O–H groups in total. The van der Waals surface area contributed by atoms with Crippen molar-refractivity contribution in [1.29, 1.82) is 0 Å². The van der Waals surface area contributed by atoms with Gasteiger partial charge in [-0.1, -0.05) is 11.3 Å². The second kappa shape index (κ2) is 9.25. The van der Waals surface area contributed by atoms with Crippen molar-refractivity contribution < 1.29 is 18.3 Å². The van der Waals surface area contributed by atoms with E-state index in [1.165, 1.54) is 10.7 Å². The minimum Gasteiger partial charge on any atom is -0.386 e. The summed E-state index contributed by atoms with van der Waals surface area (Å²) in [6.45, 7) is 2.03. The Labute approximate surface area is 224 Å². The highest BCUT2D eigenvalue weighted by Gasteiger charge is 2.32. The maximum absolute atomic E-state index is 16.0. The van der Waals surface area contributed by atoms with Crippen LogP contribution in [0.3, 0.4) is 0 Å². The van der Waals surface area contributed by atoms with Crippen LogP contribution in [0.15, 0.2) is 48.8 Å². The molecule has 5 heterocycles. The lowest BCUT2D eigenvalue weighted by Gasteiger charge is -2.32. The lowest BCUT2D eigenvalue weighted by molar-refractivity contribution is 0.0547. The van der Waals surface area contributed by atoms with Gasteiger partial charge in [-0.25, -0.2) is 9.07 Å². The summed E-state index contributed by atoms with van der Waals surface area (Å²) in [4.78, 5) is 9.45. The lowest BCUT2D eigenvalue weighted by atomic mass is 9.88. The maximum atomic E-state index is 16.0. The number of pyridine rings is 2. The molecule has 38 heavy (non-hydrogen) atoms. The predicted molar refractivity (Wildman–Crippen MR) is 143 cm³/mol. The standard InChI is InChI=1S/C29H31FN6O2/c1-17-27(35(4)34-33-17)20-15-24-21(14-22(20)30)26-25(13-19(16-32-26)29(2,3)37)36(24)28(18-8-11-38-12-9-18)23-7-5-6-10-31-23/h5-7,10,13-16,18,28,37H,8-9,11-12H2,1-4H3/i1D3. The van der Waals surface area contributed by atoms with Gasteiger partial charge in [-0.05, 0) is 69.8 Å². The van der Waals surface area contributed by atoms with E-state index in [9.17, 15) is 5.11 Å². The van der Waals surface area contributed by atoms with Gasteiger partial charge in [0, 0.05) is 53.3 Å². The van der Waals surface area contributed by atoms with E-state index >= 15 is 4.39 Å². The number of hydrogen-bond acceptors (Lipinski definition) is 6. The molecule has 1 atom stereocenters. The number of ether oxygens (including phenoxy) is 1. The summed E-state index contributed by atoms with van der Waals surface area (Å²) in [5.74, 6) is -0.464. The van der Waals surface area contributed by atoms with Gasteiger partial charge in [0.15, 0.2) is 0 Å². The third-order valence-corrected chi connectivity index (χ3v) is 7.50. The zero-order valence-corrected chi connectivity index (χ0v) is 21.5. The Morgan fingerprint density at radius 2 is 1.97 bits per heavy atom. The average molecular weight is 518 g/mol. The quantitative estimate of drug-likeness (QED) is 0.350. The molecule has 5 aromatic rings. The first-order valence-corrected chi connectivity index (χ1v) is 12.7. The number of fused-ring (bicyclic) bond motifs is 3. The van der Waals surface area contributed by atoms with Crippen molar-refractivity contribution in [2.24, 2.45) is 13.0 Å². The Morgan fingerprint density at radius 1 is 1.16 bits per heavy atom. The molecule has 196 valence electrons. The van der Waals surface area contributed by atoms with Gasteiger partial charge < -0.3 is 14.4 Å². The number of nitrogens with zero attached hydrogens (tertiary/aromatic N) is 6. The number of hydrogen-bond donors (Lipinski definition) is 1.